The Morgan fingerprint density at radius 3 is 2.64 bits per heavy atom. The molecule has 9 nitrogen and oxygen atoms in total. The van der Waals surface area contributed by atoms with Gasteiger partial charge in [-0.25, -0.2) is 0 Å². The number of Topliss-reactive ketones (excluding diaryl/α,β-unsaturated/α-hetero) is 1. The van der Waals surface area contributed by atoms with Gasteiger partial charge >= 0.3 is 5.97 Å². The van der Waals surface area contributed by atoms with Crippen LogP contribution in [0.5, 0.6) is 0 Å². The Labute approximate surface area is 261 Å². The molecular formula is C34H37ClN4O5. The molecule has 0 spiro atoms. The highest BCUT2D eigenvalue weighted by atomic mass is 35.5. The number of amides is 1. The maximum Gasteiger partial charge on any atom is 0.307 e. The lowest BCUT2D eigenvalue weighted by molar-refractivity contribution is -0.187. The van der Waals surface area contributed by atoms with Gasteiger partial charge in [0, 0.05) is 39.0 Å². The van der Waals surface area contributed by atoms with Crippen molar-refractivity contribution in [1.29, 1.82) is 0 Å². The van der Waals surface area contributed by atoms with Crippen LogP contribution in [0.4, 0.5) is 5.82 Å². The third-order valence-electron chi connectivity index (χ3n) is 11.9. The van der Waals surface area contributed by atoms with Crippen LogP contribution in [0.15, 0.2) is 53.2 Å². The number of nitrogens with zero attached hydrogens (tertiary/aromatic N) is 2. The summed E-state index contributed by atoms with van der Waals surface area (Å²) in [4.78, 5) is 51.9. The topological polar surface area (TPSA) is 127 Å². The molecule has 3 fully saturated rings. The van der Waals surface area contributed by atoms with Gasteiger partial charge < -0.3 is 4.74 Å². The molecule has 1 heterocycles. The first-order valence-corrected chi connectivity index (χ1v) is 16.0. The van der Waals surface area contributed by atoms with Crippen molar-refractivity contribution < 1.29 is 23.9 Å². The third kappa shape index (κ3) is 4.18. The number of esters is 1. The number of ketones is 2. The predicted molar refractivity (Wildman–Crippen MR) is 164 cm³/mol. The molecule has 44 heavy (non-hydrogen) atoms. The number of hydrogen-bond donors (Lipinski definition) is 2. The van der Waals surface area contributed by atoms with Crippen molar-refractivity contribution in [3.63, 3.8) is 0 Å². The van der Waals surface area contributed by atoms with Crippen LogP contribution >= 0.6 is 11.6 Å². The SMILES string of the molecule is CC(=O)[C@@]1(OC(=O)CCC(=O)NNc2nncc3ccccc23)CCC2C3C=C(Cl)C4=CC(=O)C5C[C@@H]5C4(C)C3CCC21C. The van der Waals surface area contributed by atoms with Gasteiger partial charge in [0.25, 0.3) is 0 Å². The van der Waals surface area contributed by atoms with Crippen LogP contribution in [0.25, 0.3) is 10.8 Å². The summed E-state index contributed by atoms with van der Waals surface area (Å²) in [6.45, 7) is 5.89. The fraction of sp³-hybridized carbons (Fsp3) is 0.529. The number of anilines is 1. The maximum absolute atomic E-state index is 13.4. The van der Waals surface area contributed by atoms with E-state index in [-0.39, 0.29) is 47.6 Å². The van der Waals surface area contributed by atoms with Crippen molar-refractivity contribution in [2.75, 3.05) is 5.43 Å². The largest absolute Gasteiger partial charge is 0.450 e. The third-order valence-corrected chi connectivity index (χ3v) is 12.2. The quantitative estimate of drug-likeness (QED) is 0.310. The van der Waals surface area contributed by atoms with Gasteiger partial charge in [-0.05, 0) is 74.3 Å². The number of carbonyl (C=O) groups is 4. The van der Waals surface area contributed by atoms with E-state index in [4.69, 9.17) is 16.3 Å². The van der Waals surface area contributed by atoms with Gasteiger partial charge in [-0.2, -0.15) is 5.10 Å². The molecule has 3 saturated carbocycles. The maximum atomic E-state index is 13.4. The van der Waals surface area contributed by atoms with Gasteiger partial charge in [0.2, 0.25) is 5.91 Å². The Balaban J connectivity index is 1.04. The van der Waals surface area contributed by atoms with Crippen molar-refractivity contribution in [1.82, 2.24) is 15.6 Å². The Morgan fingerprint density at radius 1 is 1.07 bits per heavy atom. The molecule has 1 aromatic carbocycles. The normalized spacial score (nSPS) is 36.5. The molecule has 0 radical (unpaired) electrons. The van der Waals surface area contributed by atoms with Crippen LogP contribution in [0.3, 0.4) is 0 Å². The van der Waals surface area contributed by atoms with Crippen molar-refractivity contribution in [2.45, 2.75) is 71.3 Å². The highest BCUT2D eigenvalue weighted by molar-refractivity contribution is 6.32. The van der Waals surface area contributed by atoms with E-state index >= 15 is 0 Å². The monoisotopic (exact) mass is 616 g/mol. The molecule has 1 aromatic heterocycles. The molecule has 0 aliphatic heterocycles. The Kier molecular flexibility index (Phi) is 6.77. The molecule has 6 unspecified atom stereocenters. The van der Waals surface area contributed by atoms with Crippen LogP contribution in [-0.4, -0.2) is 39.2 Å². The van der Waals surface area contributed by atoms with Crippen LogP contribution in [0.1, 0.15) is 65.7 Å². The number of halogens is 1. The van der Waals surface area contributed by atoms with E-state index < -0.39 is 22.9 Å². The number of nitrogens with one attached hydrogen (secondary N) is 2. The number of allylic oxidation sites excluding steroid dienone is 4. The van der Waals surface area contributed by atoms with Gasteiger partial charge in [-0.1, -0.05) is 55.8 Å². The molecule has 5 aliphatic carbocycles. The first kappa shape index (κ1) is 29.1. The Morgan fingerprint density at radius 2 is 1.84 bits per heavy atom. The molecule has 1 amide bonds. The second kappa shape index (κ2) is 10.2. The molecule has 8 atom stereocenters. The number of hydrazine groups is 1. The number of ether oxygens (including phenoxy) is 1. The summed E-state index contributed by atoms with van der Waals surface area (Å²) in [5, 5.41) is 10.3. The molecule has 2 N–H and O–H groups in total. The van der Waals surface area contributed by atoms with E-state index in [1.54, 1.807) is 12.3 Å². The van der Waals surface area contributed by atoms with Gasteiger partial charge in [0.1, 0.15) is 0 Å². The summed E-state index contributed by atoms with van der Waals surface area (Å²) in [6.07, 6.45) is 8.97. The van der Waals surface area contributed by atoms with Gasteiger partial charge in [0.05, 0.1) is 12.6 Å². The zero-order valence-corrected chi connectivity index (χ0v) is 25.9. The molecule has 5 aliphatic rings. The minimum absolute atomic E-state index is 0.105. The zero-order chi connectivity index (χ0) is 31.0. The number of aromatic nitrogens is 2. The summed E-state index contributed by atoms with van der Waals surface area (Å²) in [7, 11) is 0. The summed E-state index contributed by atoms with van der Waals surface area (Å²) < 4.78 is 6.16. The molecule has 0 saturated heterocycles. The van der Waals surface area contributed by atoms with Crippen molar-refractivity contribution in [3.8, 4) is 0 Å². The average molecular weight is 617 g/mol. The van der Waals surface area contributed by atoms with Crippen molar-refractivity contribution >= 4 is 51.6 Å². The molecule has 0 bridgehead atoms. The van der Waals surface area contributed by atoms with Crippen LogP contribution in [-0.2, 0) is 23.9 Å². The first-order valence-electron chi connectivity index (χ1n) is 15.6. The van der Waals surface area contributed by atoms with E-state index in [0.717, 1.165) is 42.0 Å². The predicted octanol–water partition coefficient (Wildman–Crippen LogP) is 5.45. The van der Waals surface area contributed by atoms with Gasteiger partial charge in [-0.15, -0.1) is 5.10 Å². The smallest absolute Gasteiger partial charge is 0.307 e. The van der Waals surface area contributed by atoms with Crippen LogP contribution in [0, 0.1) is 40.4 Å². The van der Waals surface area contributed by atoms with Crippen molar-refractivity contribution in [2.24, 2.45) is 40.4 Å². The average Bonchev–Trinajstić information content (AvgIpc) is 3.76. The minimum Gasteiger partial charge on any atom is -0.450 e. The van der Waals surface area contributed by atoms with E-state index in [9.17, 15) is 19.2 Å². The second-order valence-corrected chi connectivity index (χ2v) is 14.2. The summed E-state index contributed by atoms with van der Waals surface area (Å²) in [5.74, 6) is 0.451. The summed E-state index contributed by atoms with van der Waals surface area (Å²) in [6, 6.07) is 7.52. The lowest BCUT2D eigenvalue weighted by Crippen LogP contribution is -2.58. The lowest BCUT2D eigenvalue weighted by atomic mass is 9.47. The van der Waals surface area contributed by atoms with Gasteiger partial charge in [-0.3, -0.25) is 30.0 Å². The Bertz CT molecular complexity index is 1670. The zero-order valence-electron chi connectivity index (χ0n) is 25.2. The van der Waals surface area contributed by atoms with Gasteiger partial charge in [0.15, 0.2) is 23.0 Å². The molecule has 7 rings (SSSR count). The second-order valence-electron chi connectivity index (χ2n) is 13.8. The molecular weight excluding hydrogens is 580 g/mol. The highest BCUT2D eigenvalue weighted by Gasteiger charge is 2.70. The lowest BCUT2D eigenvalue weighted by Gasteiger charge is -2.57. The number of benzene rings is 1. The minimum atomic E-state index is -1.25. The van der Waals surface area contributed by atoms with Crippen molar-refractivity contribution in [3.05, 3.63) is 53.2 Å². The number of carbonyl (C=O) groups excluding carboxylic acids is 4. The van der Waals surface area contributed by atoms with E-state index in [1.165, 1.54) is 6.92 Å². The highest BCUT2D eigenvalue weighted by Crippen LogP contribution is 2.72. The number of rotatable bonds is 7. The van der Waals surface area contributed by atoms with E-state index in [0.29, 0.717) is 29.1 Å². The number of fused-ring (bicyclic) bond motifs is 8. The standard InChI is InChI=1S/C34H37ClN4O5/c1-18(40)34(44-30(43)9-8-29(42)37-39-31-20-7-5-4-6-19(20)17-36-38-31)13-11-23-21-15-27(35)26-16-28(41)22-14-25(22)33(26,3)24(21)10-12-32(23,34)2/h4-7,15-17,21-25H,8-14H2,1-3H3,(H,37,42)(H,38,39)/t21?,22?,23?,24?,25-,32?,33?,34-/m0/s1. The molecule has 10 heteroatoms. The fourth-order valence-electron chi connectivity index (χ4n) is 9.55. The van der Waals surface area contributed by atoms with Crippen LogP contribution in [0.2, 0.25) is 0 Å². The first-order chi connectivity index (χ1) is 21.0. The molecule has 230 valence electrons. The summed E-state index contributed by atoms with van der Waals surface area (Å²) in [5.41, 5.74) is 4.39. The Hall–Kier alpha value is -3.59. The van der Waals surface area contributed by atoms with Crippen LogP contribution < -0.4 is 10.9 Å². The summed E-state index contributed by atoms with van der Waals surface area (Å²) >= 11 is 6.90. The number of hydrogen-bond acceptors (Lipinski definition) is 8. The molecule has 2 aromatic rings. The van der Waals surface area contributed by atoms with E-state index in [1.807, 2.05) is 24.3 Å². The fourth-order valence-corrected chi connectivity index (χ4v) is 9.96. The van der Waals surface area contributed by atoms with E-state index in [2.05, 4.69) is 41.0 Å².